The summed E-state index contributed by atoms with van der Waals surface area (Å²) in [5, 5.41) is 3.40. The van der Waals surface area contributed by atoms with Crippen LogP contribution < -0.4 is 5.32 Å². The summed E-state index contributed by atoms with van der Waals surface area (Å²) in [7, 11) is 0. The highest BCUT2D eigenvalue weighted by Crippen LogP contribution is 2.26. The first-order valence-corrected chi connectivity index (χ1v) is 5.88. The third-order valence-electron chi connectivity index (χ3n) is 3.01. The zero-order valence-corrected chi connectivity index (χ0v) is 9.45. The van der Waals surface area contributed by atoms with Crippen LogP contribution in [0.25, 0.3) is 11.1 Å². The van der Waals surface area contributed by atoms with Gasteiger partial charge in [-0.3, -0.25) is 0 Å². The van der Waals surface area contributed by atoms with Crippen LogP contribution in [0.5, 0.6) is 0 Å². The maximum Gasteiger partial charge on any atom is 0.125 e. The Morgan fingerprint density at radius 3 is 2.94 bits per heavy atom. The molecule has 1 aliphatic rings. The molecule has 0 saturated heterocycles. The summed E-state index contributed by atoms with van der Waals surface area (Å²) in [4.78, 5) is 0. The van der Waals surface area contributed by atoms with Crippen LogP contribution in [0.3, 0.4) is 0 Å². The van der Waals surface area contributed by atoms with Gasteiger partial charge in [-0.05, 0) is 36.6 Å². The summed E-state index contributed by atoms with van der Waals surface area (Å²) < 4.78 is 18.6. The van der Waals surface area contributed by atoms with Gasteiger partial charge < -0.3 is 9.73 Å². The Kier molecular flexibility index (Phi) is 2.69. The fourth-order valence-electron chi connectivity index (χ4n) is 1.92. The molecule has 1 saturated carbocycles. The Labute approximate surface area is 99.5 Å². The quantitative estimate of drug-likeness (QED) is 0.873. The Balaban J connectivity index is 1.83. The summed E-state index contributed by atoms with van der Waals surface area (Å²) >= 11 is 0. The summed E-state index contributed by atoms with van der Waals surface area (Å²) in [6.45, 7) is 0.712. The third-order valence-corrected chi connectivity index (χ3v) is 3.01. The molecule has 1 aromatic carbocycles. The van der Waals surface area contributed by atoms with Gasteiger partial charge in [-0.2, -0.15) is 0 Å². The average Bonchev–Trinajstić information content (AvgIpc) is 3.04. The molecule has 0 amide bonds. The molecule has 0 bridgehead atoms. The number of nitrogens with one attached hydrogen (secondary N) is 1. The van der Waals surface area contributed by atoms with E-state index < -0.39 is 0 Å². The average molecular weight is 231 g/mol. The second-order valence-electron chi connectivity index (χ2n) is 4.42. The van der Waals surface area contributed by atoms with E-state index >= 15 is 0 Å². The molecule has 1 heterocycles. The van der Waals surface area contributed by atoms with E-state index in [9.17, 15) is 4.39 Å². The predicted octanol–water partition coefficient (Wildman–Crippen LogP) is 3.34. The lowest BCUT2D eigenvalue weighted by molar-refractivity contribution is 0.483. The van der Waals surface area contributed by atoms with Gasteiger partial charge in [-0.1, -0.05) is 12.1 Å². The molecule has 1 aliphatic carbocycles. The first-order valence-electron chi connectivity index (χ1n) is 5.88. The Bertz CT molecular complexity index is 516. The lowest BCUT2D eigenvalue weighted by Crippen LogP contribution is -2.15. The highest BCUT2D eigenvalue weighted by molar-refractivity contribution is 5.65. The van der Waals surface area contributed by atoms with Gasteiger partial charge in [0, 0.05) is 11.6 Å². The maximum absolute atomic E-state index is 13.2. The Morgan fingerprint density at radius 1 is 1.29 bits per heavy atom. The largest absolute Gasteiger partial charge is 0.467 e. The molecule has 1 N–H and O–H groups in total. The fourth-order valence-corrected chi connectivity index (χ4v) is 1.92. The zero-order valence-electron chi connectivity index (χ0n) is 9.45. The van der Waals surface area contributed by atoms with E-state index in [0.29, 0.717) is 12.6 Å². The van der Waals surface area contributed by atoms with Gasteiger partial charge >= 0.3 is 0 Å². The van der Waals surface area contributed by atoms with Crippen LogP contribution in [-0.4, -0.2) is 6.04 Å². The molecule has 1 aromatic heterocycles. The van der Waals surface area contributed by atoms with Crippen LogP contribution in [0.2, 0.25) is 0 Å². The van der Waals surface area contributed by atoms with Crippen molar-refractivity contribution in [1.82, 2.24) is 5.32 Å². The smallest absolute Gasteiger partial charge is 0.125 e. The molecule has 0 spiro atoms. The molecule has 3 heteroatoms. The van der Waals surface area contributed by atoms with Gasteiger partial charge in [0.2, 0.25) is 0 Å². The molecule has 1 fully saturated rings. The number of benzene rings is 1. The van der Waals surface area contributed by atoms with E-state index in [1.54, 1.807) is 12.3 Å². The fraction of sp³-hybridized carbons (Fsp3) is 0.286. The monoisotopic (exact) mass is 231 g/mol. The first-order chi connectivity index (χ1) is 8.33. The predicted molar refractivity (Wildman–Crippen MR) is 64.0 cm³/mol. The van der Waals surface area contributed by atoms with Crippen LogP contribution in [0.1, 0.15) is 18.6 Å². The van der Waals surface area contributed by atoms with Crippen LogP contribution in [-0.2, 0) is 6.54 Å². The normalized spacial score (nSPS) is 15.1. The summed E-state index contributed by atoms with van der Waals surface area (Å²) in [5.41, 5.74) is 1.84. The molecule has 17 heavy (non-hydrogen) atoms. The number of furan rings is 1. The van der Waals surface area contributed by atoms with Crippen molar-refractivity contribution in [3.63, 3.8) is 0 Å². The molecular weight excluding hydrogens is 217 g/mol. The Hall–Kier alpha value is -1.61. The van der Waals surface area contributed by atoms with E-state index in [2.05, 4.69) is 5.32 Å². The van der Waals surface area contributed by atoms with Crippen molar-refractivity contribution in [2.75, 3.05) is 0 Å². The van der Waals surface area contributed by atoms with E-state index in [4.69, 9.17) is 4.42 Å². The SMILES string of the molecule is Fc1cccc(-c2ccoc2CNC2CC2)c1. The minimum absolute atomic E-state index is 0.218. The van der Waals surface area contributed by atoms with Crippen LogP contribution in [0.4, 0.5) is 4.39 Å². The molecule has 3 rings (SSSR count). The van der Waals surface area contributed by atoms with Gasteiger partial charge in [-0.25, -0.2) is 4.39 Å². The highest BCUT2D eigenvalue weighted by atomic mass is 19.1. The van der Waals surface area contributed by atoms with Crippen molar-refractivity contribution in [1.29, 1.82) is 0 Å². The van der Waals surface area contributed by atoms with E-state index in [0.717, 1.165) is 16.9 Å². The minimum atomic E-state index is -0.218. The third kappa shape index (κ3) is 2.39. The number of halogens is 1. The molecule has 0 radical (unpaired) electrons. The van der Waals surface area contributed by atoms with E-state index in [-0.39, 0.29) is 5.82 Å². The number of rotatable bonds is 4. The maximum atomic E-state index is 13.2. The van der Waals surface area contributed by atoms with E-state index in [1.165, 1.54) is 25.0 Å². The van der Waals surface area contributed by atoms with Gasteiger partial charge in [0.05, 0.1) is 12.8 Å². The highest BCUT2D eigenvalue weighted by Gasteiger charge is 2.21. The van der Waals surface area contributed by atoms with Gasteiger partial charge in [-0.15, -0.1) is 0 Å². The summed E-state index contributed by atoms with van der Waals surface area (Å²) in [5.74, 6) is 0.660. The molecule has 88 valence electrons. The minimum Gasteiger partial charge on any atom is -0.467 e. The van der Waals surface area contributed by atoms with Crippen molar-refractivity contribution in [3.05, 3.63) is 48.2 Å². The zero-order chi connectivity index (χ0) is 11.7. The molecule has 0 atom stereocenters. The topological polar surface area (TPSA) is 25.2 Å². The van der Waals surface area contributed by atoms with E-state index in [1.807, 2.05) is 12.1 Å². The van der Waals surface area contributed by atoms with Crippen molar-refractivity contribution in [2.45, 2.75) is 25.4 Å². The van der Waals surface area contributed by atoms with Crippen molar-refractivity contribution in [3.8, 4) is 11.1 Å². The number of hydrogen-bond acceptors (Lipinski definition) is 2. The van der Waals surface area contributed by atoms with Crippen LogP contribution >= 0.6 is 0 Å². The lowest BCUT2D eigenvalue weighted by atomic mass is 10.1. The van der Waals surface area contributed by atoms with Gasteiger partial charge in [0.25, 0.3) is 0 Å². The number of hydrogen-bond donors (Lipinski definition) is 1. The molecule has 0 aliphatic heterocycles. The molecular formula is C14H14FNO. The molecule has 2 nitrogen and oxygen atoms in total. The van der Waals surface area contributed by atoms with Gasteiger partial charge in [0.15, 0.2) is 0 Å². The second kappa shape index (κ2) is 4.34. The Morgan fingerprint density at radius 2 is 2.18 bits per heavy atom. The first kappa shape index (κ1) is 10.5. The van der Waals surface area contributed by atoms with Gasteiger partial charge in [0.1, 0.15) is 11.6 Å². The van der Waals surface area contributed by atoms with Crippen LogP contribution in [0.15, 0.2) is 41.0 Å². The molecule has 0 unspecified atom stereocenters. The summed E-state index contributed by atoms with van der Waals surface area (Å²) in [6.07, 6.45) is 4.15. The van der Waals surface area contributed by atoms with Crippen molar-refractivity contribution < 1.29 is 8.81 Å². The second-order valence-corrected chi connectivity index (χ2v) is 4.42. The van der Waals surface area contributed by atoms with Crippen molar-refractivity contribution in [2.24, 2.45) is 0 Å². The molecule has 2 aromatic rings. The lowest BCUT2D eigenvalue weighted by Gasteiger charge is -2.04. The van der Waals surface area contributed by atoms with Crippen molar-refractivity contribution >= 4 is 0 Å². The standard InChI is InChI=1S/C14H14FNO/c15-11-3-1-2-10(8-11)13-6-7-17-14(13)9-16-12-4-5-12/h1-3,6-8,12,16H,4-5,9H2. The van der Waals surface area contributed by atoms with Crippen LogP contribution in [0, 0.1) is 5.82 Å². The summed E-state index contributed by atoms with van der Waals surface area (Å²) in [6, 6.07) is 9.13.